The molecule has 0 aliphatic heterocycles. The first-order valence-electron chi connectivity index (χ1n) is 7.74. The van der Waals surface area contributed by atoms with Gasteiger partial charge in [0.2, 0.25) is 0 Å². The molecule has 0 bridgehead atoms. The molecule has 3 rings (SSSR count). The van der Waals surface area contributed by atoms with Crippen LogP contribution in [0, 0.1) is 12.3 Å². The van der Waals surface area contributed by atoms with Gasteiger partial charge in [0.25, 0.3) is 0 Å². The van der Waals surface area contributed by atoms with Crippen LogP contribution in [-0.2, 0) is 9.84 Å². The molecule has 4 nitrogen and oxygen atoms in total. The molecule has 1 aliphatic rings. The van der Waals surface area contributed by atoms with Crippen molar-refractivity contribution >= 4 is 21.4 Å². The molecule has 2 aromatic carbocycles. The van der Waals surface area contributed by atoms with E-state index in [2.05, 4.69) is 0 Å². The molecule has 128 valence electrons. The number of aliphatic hydroxyl groups excluding tert-OH is 1. The molecule has 0 amide bonds. The maximum atomic E-state index is 13.1. The second-order valence-corrected chi connectivity index (χ2v) is 8.91. The lowest BCUT2D eigenvalue weighted by Gasteiger charge is -2.12. The number of hydrogen-bond acceptors (Lipinski definition) is 4. The van der Waals surface area contributed by atoms with Crippen molar-refractivity contribution in [3.05, 3.63) is 64.7 Å². The minimum Gasteiger partial charge on any atom is -0.396 e. The molecule has 0 radical (unpaired) electrons. The van der Waals surface area contributed by atoms with Crippen molar-refractivity contribution in [1.82, 2.24) is 0 Å². The van der Waals surface area contributed by atoms with Crippen molar-refractivity contribution in [2.45, 2.75) is 23.0 Å². The Labute approximate surface area is 147 Å². The summed E-state index contributed by atoms with van der Waals surface area (Å²) in [6, 6.07) is 13.8. The number of nitrogens with two attached hydrogens (primary N) is 1. The Bertz CT molecular complexity index is 828. The van der Waals surface area contributed by atoms with Crippen LogP contribution in [0.15, 0.2) is 53.4 Å². The van der Waals surface area contributed by atoms with Crippen molar-refractivity contribution < 1.29 is 13.5 Å². The van der Waals surface area contributed by atoms with Crippen LogP contribution in [0.2, 0.25) is 5.02 Å². The van der Waals surface area contributed by atoms with Crippen LogP contribution in [0.1, 0.15) is 17.0 Å². The van der Waals surface area contributed by atoms with Gasteiger partial charge >= 0.3 is 0 Å². The van der Waals surface area contributed by atoms with Crippen LogP contribution in [0.25, 0.3) is 0 Å². The van der Waals surface area contributed by atoms with E-state index < -0.39 is 20.5 Å². The summed E-state index contributed by atoms with van der Waals surface area (Å²) in [7, 11) is -3.59. The molecule has 2 aromatic rings. The monoisotopic (exact) mass is 365 g/mol. The number of aryl methyl sites for hydroxylation is 1. The van der Waals surface area contributed by atoms with Crippen molar-refractivity contribution in [2.75, 3.05) is 13.2 Å². The molecule has 24 heavy (non-hydrogen) atoms. The van der Waals surface area contributed by atoms with Gasteiger partial charge in [-0.05, 0) is 36.8 Å². The van der Waals surface area contributed by atoms with E-state index >= 15 is 0 Å². The van der Waals surface area contributed by atoms with Gasteiger partial charge in [-0.1, -0.05) is 41.4 Å². The third-order valence-electron chi connectivity index (χ3n) is 4.97. The second kappa shape index (κ2) is 6.15. The van der Waals surface area contributed by atoms with E-state index in [9.17, 15) is 13.5 Å². The Kier molecular flexibility index (Phi) is 4.47. The van der Waals surface area contributed by atoms with Crippen molar-refractivity contribution in [3.8, 4) is 0 Å². The minimum absolute atomic E-state index is 0.104. The van der Waals surface area contributed by atoms with E-state index in [1.807, 2.05) is 6.92 Å². The van der Waals surface area contributed by atoms with Crippen LogP contribution >= 0.6 is 11.6 Å². The van der Waals surface area contributed by atoms with E-state index in [0.717, 1.165) is 11.1 Å². The molecule has 3 N–H and O–H groups in total. The first-order valence-corrected chi connectivity index (χ1v) is 9.66. The molecule has 0 heterocycles. The maximum absolute atomic E-state index is 13.1. The molecule has 1 aliphatic carbocycles. The van der Waals surface area contributed by atoms with Crippen LogP contribution < -0.4 is 5.73 Å². The first kappa shape index (κ1) is 17.4. The summed E-state index contributed by atoms with van der Waals surface area (Å²) < 4.78 is 26.2. The zero-order chi connectivity index (χ0) is 17.5. The number of benzene rings is 2. The lowest BCUT2D eigenvalue weighted by Crippen LogP contribution is -2.27. The Hall–Kier alpha value is -1.40. The predicted octanol–water partition coefficient (Wildman–Crippen LogP) is 2.53. The van der Waals surface area contributed by atoms with Gasteiger partial charge in [-0.2, -0.15) is 0 Å². The van der Waals surface area contributed by atoms with E-state index in [0.29, 0.717) is 5.02 Å². The number of rotatable bonds is 5. The van der Waals surface area contributed by atoms with Gasteiger partial charge in [-0.3, -0.25) is 0 Å². The number of hydrogen-bond donors (Lipinski definition) is 2. The molecule has 6 heteroatoms. The summed E-state index contributed by atoms with van der Waals surface area (Å²) in [5, 5.41) is 9.75. The summed E-state index contributed by atoms with van der Waals surface area (Å²) in [6.07, 6.45) is 0. The highest BCUT2D eigenvalue weighted by atomic mass is 35.5. The second-order valence-electron chi connectivity index (χ2n) is 6.40. The minimum atomic E-state index is -3.59. The van der Waals surface area contributed by atoms with Gasteiger partial charge in [0.05, 0.1) is 16.8 Å². The van der Waals surface area contributed by atoms with Crippen molar-refractivity contribution in [1.29, 1.82) is 0 Å². The summed E-state index contributed by atoms with van der Waals surface area (Å²) >= 11 is 5.92. The molecule has 1 fully saturated rings. The first-order chi connectivity index (χ1) is 11.4. The number of sulfone groups is 1. The Morgan fingerprint density at radius 2 is 1.71 bits per heavy atom. The van der Waals surface area contributed by atoms with E-state index in [4.69, 9.17) is 17.3 Å². The largest absolute Gasteiger partial charge is 0.396 e. The summed E-state index contributed by atoms with van der Waals surface area (Å²) in [6.45, 7) is 1.74. The summed E-state index contributed by atoms with van der Waals surface area (Å²) in [5.41, 5.74) is 6.85. The number of halogens is 1. The fourth-order valence-electron chi connectivity index (χ4n) is 3.49. The van der Waals surface area contributed by atoms with Crippen LogP contribution in [0.5, 0.6) is 0 Å². The topological polar surface area (TPSA) is 80.4 Å². The average Bonchev–Trinajstić information content (AvgIpc) is 3.26. The third kappa shape index (κ3) is 2.65. The van der Waals surface area contributed by atoms with E-state index in [-0.39, 0.29) is 24.0 Å². The Morgan fingerprint density at radius 3 is 2.21 bits per heavy atom. The third-order valence-corrected chi connectivity index (χ3v) is 7.56. The SMILES string of the molecule is Cc1ccc(S(=O)(=O)[C@H]2[C@@H](c3ccc(Cl)cc3)[C@@]2(CN)CO)cc1. The normalized spacial score (nSPS) is 26.3. The van der Waals surface area contributed by atoms with E-state index in [1.54, 1.807) is 48.5 Å². The smallest absolute Gasteiger partial charge is 0.182 e. The predicted molar refractivity (Wildman–Crippen MR) is 94.9 cm³/mol. The molecule has 0 aromatic heterocycles. The zero-order valence-electron chi connectivity index (χ0n) is 13.3. The van der Waals surface area contributed by atoms with Crippen LogP contribution in [-0.4, -0.2) is 31.9 Å². The molecule has 1 saturated carbocycles. The lowest BCUT2D eigenvalue weighted by molar-refractivity contribution is 0.212. The van der Waals surface area contributed by atoms with Gasteiger partial charge in [-0.15, -0.1) is 0 Å². The van der Waals surface area contributed by atoms with Crippen molar-refractivity contribution in [3.63, 3.8) is 0 Å². The lowest BCUT2D eigenvalue weighted by atomic mass is 10.0. The van der Waals surface area contributed by atoms with Gasteiger partial charge < -0.3 is 10.8 Å². The molecule has 3 atom stereocenters. The summed E-state index contributed by atoms with van der Waals surface area (Å²) in [4.78, 5) is 0.265. The van der Waals surface area contributed by atoms with Gasteiger partial charge in [0, 0.05) is 22.9 Å². The van der Waals surface area contributed by atoms with Crippen molar-refractivity contribution in [2.24, 2.45) is 11.1 Å². The van der Waals surface area contributed by atoms with E-state index in [1.165, 1.54) is 0 Å². The zero-order valence-corrected chi connectivity index (χ0v) is 14.9. The Balaban J connectivity index is 2.04. The van der Waals surface area contributed by atoms with Gasteiger partial charge in [-0.25, -0.2) is 8.42 Å². The highest BCUT2D eigenvalue weighted by Gasteiger charge is 2.70. The molecular formula is C18H20ClNO3S. The van der Waals surface area contributed by atoms with Gasteiger partial charge in [0.15, 0.2) is 9.84 Å². The fraction of sp³-hybridized carbons (Fsp3) is 0.333. The molecule has 0 saturated heterocycles. The standard InChI is InChI=1S/C18H20ClNO3S/c1-12-2-8-15(9-3-12)24(22,23)17-16(18(17,10-20)11-21)13-4-6-14(19)7-5-13/h2-9,16-17,21H,10-11,20H2,1H3/t16-,17+,18-/m1/s1. The highest BCUT2D eigenvalue weighted by Crippen LogP contribution is 2.63. The van der Waals surface area contributed by atoms with Crippen LogP contribution in [0.4, 0.5) is 0 Å². The maximum Gasteiger partial charge on any atom is 0.182 e. The van der Waals surface area contributed by atoms with Gasteiger partial charge in [0.1, 0.15) is 0 Å². The number of aliphatic hydroxyl groups is 1. The summed E-state index contributed by atoms with van der Waals surface area (Å²) in [5.74, 6) is -0.337. The fourth-order valence-corrected chi connectivity index (χ4v) is 6.07. The average molecular weight is 366 g/mol. The van der Waals surface area contributed by atoms with Crippen LogP contribution in [0.3, 0.4) is 0 Å². The Morgan fingerprint density at radius 1 is 1.12 bits per heavy atom. The quantitative estimate of drug-likeness (QED) is 0.853. The highest BCUT2D eigenvalue weighted by molar-refractivity contribution is 7.92. The molecular weight excluding hydrogens is 346 g/mol. The molecule has 0 unspecified atom stereocenters. The molecule has 0 spiro atoms.